The van der Waals surface area contributed by atoms with E-state index in [-0.39, 0.29) is 17.6 Å². The van der Waals surface area contributed by atoms with Gasteiger partial charge in [-0.1, -0.05) is 30.5 Å². The molecule has 0 saturated heterocycles. The Morgan fingerprint density at radius 2 is 1.82 bits per heavy atom. The minimum Gasteiger partial charge on any atom is -0.487 e. The monoisotopic (exact) mass is 574 g/mol. The van der Waals surface area contributed by atoms with Crippen molar-refractivity contribution in [3.63, 3.8) is 0 Å². The van der Waals surface area contributed by atoms with Crippen molar-refractivity contribution in [2.75, 3.05) is 18.0 Å². The molecule has 1 fully saturated rings. The quantitative estimate of drug-likeness (QED) is 0.433. The molecule has 0 radical (unpaired) electrons. The molecule has 2 heterocycles. The first-order valence-corrected chi connectivity index (χ1v) is 16.2. The van der Waals surface area contributed by atoms with Gasteiger partial charge in [0.2, 0.25) is 10.0 Å². The minimum absolute atomic E-state index is 0.236. The first-order chi connectivity index (χ1) is 18.7. The highest BCUT2D eigenvalue weighted by atomic mass is 35.5. The predicted octanol–water partition coefficient (Wildman–Crippen LogP) is 5.47. The fourth-order valence-electron chi connectivity index (χ4n) is 6.13. The lowest BCUT2D eigenvalue weighted by atomic mass is 9.69. The van der Waals surface area contributed by atoms with Crippen LogP contribution in [-0.2, 0) is 23.1 Å². The molecular formula is C30H39ClN2O5S. The van der Waals surface area contributed by atoms with Crippen LogP contribution in [0.2, 0.25) is 5.02 Å². The number of sulfonamides is 1. The third-order valence-corrected chi connectivity index (χ3v) is 10.8. The Kier molecular flexibility index (Phi) is 8.74. The van der Waals surface area contributed by atoms with Crippen LogP contribution in [-0.4, -0.2) is 43.9 Å². The molecule has 7 nitrogen and oxygen atoms in total. The highest BCUT2D eigenvalue weighted by molar-refractivity contribution is 7.90. The highest BCUT2D eigenvalue weighted by Crippen LogP contribution is 2.41. The van der Waals surface area contributed by atoms with Gasteiger partial charge < -0.3 is 14.7 Å². The fraction of sp³-hybridized carbons (Fsp3) is 0.567. The molecule has 1 unspecified atom stereocenters. The normalized spacial score (nSPS) is 28.0. The molecule has 1 amide bonds. The number of carbonyl (C=O) groups excluding carboxylic acids is 1. The van der Waals surface area contributed by atoms with Crippen LogP contribution in [0.15, 0.2) is 36.4 Å². The van der Waals surface area contributed by atoms with Gasteiger partial charge in [0.05, 0.1) is 17.0 Å². The molecule has 2 aromatic carbocycles. The summed E-state index contributed by atoms with van der Waals surface area (Å²) in [6, 6.07) is 11.1. The van der Waals surface area contributed by atoms with Gasteiger partial charge in [0.15, 0.2) is 0 Å². The summed E-state index contributed by atoms with van der Waals surface area (Å²) in [6.45, 7) is 3.53. The van der Waals surface area contributed by atoms with Gasteiger partial charge in [0, 0.05) is 23.7 Å². The zero-order valence-corrected chi connectivity index (χ0v) is 24.1. The molecule has 9 heteroatoms. The first kappa shape index (κ1) is 28.2. The summed E-state index contributed by atoms with van der Waals surface area (Å²) in [4.78, 5) is 15.4. The number of amides is 1. The lowest BCUT2D eigenvalue weighted by Gasteiger charge is -2.43. The summed E-state index contributed by atoms with van der Waals surface area (Å²) in [5.41, 5.74) is 3.34. The van der Waals surface area contributed by atoms with Gasteiger partial charge in [-0.25, -0.2) is 13.1 Å². The van der Waals surface area contributed by atoms with Gasteiger partial charge in [0.1, 0.15) is 12.4 Å². The molecule has 2 aromatic rings. The molecule has 2 bridgehead atoms. The van der Waals surface area contributed by atoms with E-state index in [4.69, 9.17) is 16.3 Å². The Morgan fingerprint density at radius 1 is 1.00 bits per heavy atom. The molecule has 2 aliphatic heterocycles. The van der Waals surface area contributed by atoms with Crippen molar-refractivity contribution in [1.29, 1.82) is 0 Å². The number of rotatable bonds is 0. The van der Waals surface area contributed by atoms with Crippen molar-refractivity contribution in [3.8, 4) is 5.75 Å². The van der Waals surface area contributed by atoms with Crippen molar-refractivity contribution < 1.29 is 23.1 Å². The van der Waals surface area contributed by atoms with E-state index in [9.17, 15) is 18.3 Å². The number of hydrogen-bond acceptors (Lipinski definition) is 6. The van der Waals surface area contributed by atoms with Crippen LogP contribution in [0.4, 0.5) is 5.69 Å². The average molecular weight is 575 g/mol. The van der Waals surface area contributed by atoms with Gasteiger partial charge in [-0.2, -0.15) is 0 Å². The van der Waals surface area contributed by atoms with Crippen LogP contribution < -0.4 is 14.4 Å². The number of nitrogens with one attached hydrogen (secondary N) is 1. The minimum atomic E-state index is -3.83. The second-order valence-corrected chi connectivity index (χ2v) is 14.0. The Labute approximate surface area is 236 Å². The van der Waals surface area contributed by atoms with Crippen LogP contribution in [0.3, 0.4) is 0 Å². The smallest absolute Gasteiger partial charge is 0.264 e. The molecule has 5 rings (SSSR count). The summed E-state index contributed by atoms with van der Waals surface area (Å²) in [5, 5.41) is 11.0. The molecule has 0 spiro atoms. The molecule has 3 aliphatic rings. The van der Waals surface area contributed by atoms with Crippen molar-refractivity contribution in [2.45, 2.75) is 82.7 Å². The predicted molar refractivity (Wildman–Crippen MR) is 154 cm³/mol. The second kappa shape index (κ2) is 12.1. The number of ether oxygens (including phenoxy) is 1. The third-order valence-electron chi connectivity index (χ3n) is 8.79. The van der Waals surface area contributed by atoms with Crippen LogP contribution in [0.5, 0.6) is 5.75 Å². The van der Waals surface area contributed by atoms with Gasteiger partial charge in [-0.3, -0.25) is 4.79 Å². The summed E-state index contributed by atoms with van der Waals surface area (Å²) in [6.07, 6.45) is 7.09. The van der Waals surface area contributed by atoms with E-state index in [1.807, 2.05) is 18.2 Å². The second-order valence-electron chi connectivity index (χ2n) is 11.4. The zero-order chi connectivity index (χ0) is 27.6. The summed E-state index contributed by atoms with van der Waals surface area (Å²) in [5.74, 6) is 0.629. The molecule has 212 valence electrons. The number of fused-ring (bicyclic) bond motifs is 3. The summed E-state index contributed by atoms with van der Waals surface area (Å²) >= 11 is 6.29. The molecule has 2 N–H and O–H groups in total. The first-order valence-electron chi connectivity index (χ1n) is 14.2. The maximum absolute atomic E-state index is 13.2. The van der Waals surface area contributed by atoms with Crippen LogP contribution in [0.25, 0.3) is 0 Å². The fourth-order valence-corrected chi connectivity index (χ4v) is 7.38. The van der Waals surface area contributed by atoms with E-state index < -0.39 is 21.2 Å². The van der Waals surface area contributed by atoms with E-state index in [2.05, 4.69) is 9.62 Å². The molecular weight excluding hydrogens is 536 g/mol. The molecule has 1 saturated carbocycles. The Balaban J connectivity index is 1.52. The SMILES string of the molecule is C[C@@H]1CCCCC(O)[C@@H]2CC[C@H]2CN2CCCCc3cc(Cl)ccc3COc3ccc(cc32)C(=O)NS1(=O)=O. The lowest BCUT2D eigenvalue weighted by Crippen LogP contribution is -2.44. The standard InChI is InChI=1S/C30H39ClN2O5S/c1-20-6-2-3-8-28(34)26-13-10-23(26)18-33-15-5-4-7-21-16-25(31)12-9-24(21)19-38-29-14-11-22(17-27(29)33)30(35)32-39(20,36)37/h9,11-12,14,16-17,20,23,26,28,34H,2-8,10,13,15,18-19H2,1H3,(H,32,35)/t20-,23+,26-,28?/m1/s1. The van der Waals surface area contributed by atoms with Crippen LogP contribution in [0, 0.1) is 11.8 Å². The Morgan fingerprint density at radius 3 is 2.62 bits per heavy atom. The topological polar surface area (TPSA) is 95.9 Å². The van der Waals surface area contributed by atoms with Crippen molar-refractivity contribution >= 4 is 33.2 Å². The van der Waals surface area contributed by atoms with Crippen molar-refractivity contribution in [2.24, 2.45) is 11.8 Å². The largest absolute Gasteiger partial charge is 0.487 e. The molecule has 39 heavy (non-hydrogen) atoms. The number of aliphatic hydroxyl groups is 1. The number of benzene rings is 2. The number of halogens is 1. The number of carbonyl (C=O) groups is 1. The van der Waals surface area contributed by atoms with E-state index >= 15 is 0 Å². The van der Waals surface area contributed by atoms with E-state index in [0.717, 1.165) is 62.9 Å². The summed E-state index contributed by atoms with van der Waals surface area (Å²) in [7, 11) is -3.83. The van der Waals surface area contributed by atoms with E-state index in [0.29, 0.717) is 42.6 Å². The Bertz CT molecular complexity index is 1300. The van der Waals surface area contributed by atoms with Gasteiger partial charge in [-0.15, -0.1) is 0 Å². The number of aliphatic hydroxyl groups excluding tert-OH is 1. The van der Waals surface area contributed by atoms with E-state index in [1.54, 1.807) is 25.1 Å². The number of anilines is 1. The van der Waals surface area contributed by atoms with Crippen LogP contribution >= 0.6 is 11.6 Å². The highest BCUT2D eigenvalue weighted by Gasteiger charge is 2.37. The van der Waals surface area contributed by atoms with Gasteiger partial charge in [-0.05, 0) is 105 Å². The van der Waals surface area contributed by atoms with Crippen LogP contribution in [0.1, 0.15) is 79.8 Å². The maximum Gasteiger partial charge on any atom is 0.264 e. The maximum atomic E-state index is 13.2. The number of nitrogens with zero attached hydrogens (tertiary/aromatic N) is 1. The number of hydrogen-bond donors (Lipinski definition) is 2. The molecule has 0 aromatic heterocycles. The average Bonchev–Trinajstić information content (AvgIpc) is 2.91. The summed E-state index contributed by atoms with van der Waals surface area (Å²) < 4.78 is 34.5. The zero-order valence-electron chi connectivity index (χ0n) is 22.6. The molecule has 4 atom stereocenters. The van der Waals surface area contributed by atoms with Gasteiger partial charge >= 0.3 is 0 Å². The Hall–Kier alpha value is -2.29. The van der Waals surface area contributed by atoms with E-state index in [1.165, 1.54) is 5.56 Å². The number of aryl methyl sites for hydroxylation is 1. The third kappa shape index (κ3) is 6.55. The molecule has 1 aliphatic carbocycles. The van der Waals surface area contributed by atoms with Crippen molar-refractivity contribution in [3.05, 3.63) is 58.1 Å². The van der Waals surface area contributed by atoms with Gasteiger partial charge in [0.25, 0.3) is 5.91 Å². The lowest BCUT2D eigenvalue weighted by molar-refractivity contribution is 0.00935. The van der Waals surface area contributed by atoms with Crippen molar-refractivity contribution in [1.82, 2.24) is 4.72 Å².